The van der Waals surface area contributed by atoms with Crippen molar-refractivity contribution in [3.63, 3.8) is 0 Å². The Morgan fingerprint density at radius 3 is 2.56 bits per heavy atom. The molecular weight excluding hydrogens is 479 g/mol. The fourth-order valence-corrected chi connectivity index (χ4v) is 5.89. The van der Waals surface area contributed by atoms with Crippen molar-refractivity contribution in [3.05, 3.63) is 28.8 Å². The van der Waals surface area contributed by atoms with Gasteiger partial charge in [0.1, 0.15) is 12.4 Å². The number of alkyl halides is 3. The summed E-state index contributed by atoms with van der Waals surface area (Å²) < 4.78 is 51.4. The third kappa shape index (κ3) is 4.67. The van der Waals surface area contributed by atoms with Crippen molar-refractivity contribution in [2.24, 2.45) is 5.41 Å². The number of nitrogens with one attached hydrogen (secondary N) is 1. The number of fused-ring (bicyclic) bond motifs is 1. The number of amides is 1. The lowest BCUT2D eigenvalue weighted by atomic mass is 9.38. The van der Waals surface area contributed by atoms with E-state index in [1.54, 1.807) is 12.1 Å². The molecule has 0 aromatic heterocycles. The SMILES string of the molecule is O=C(COC1CC(OC(F)(F)F)C1)CC12CC(NC(=O)[C@H]3CC(=O)c4cc(Cl)ccc4O3)(C1)C2. The van der Waals surface area contributed by atoms with E-state index in [9.17, 15) is 27.6 Å². The second kappa shape index (κ2) is 8.20. The number of hydrogen-bond donors (Lipinski definition) is 1. The second-order valence-corrected chi connectivity index (χ2v) is 10.4. The summed E-state index contributed by atoms with van der Waals surface area (Å²) in [6.45, 7) is -0.133. The fraction of sp³-hybridized carbons (Fsp3) is 0.609. The molecule has 6 rings (SSSR count). The maximum Gasteiger partial charge on any atom is 0.522 e. The van der Waals surface area contributed by atoms with Crippen LogP contribution in [0, 0.1) is 5.41 Å². The van der Waals surface area contributed by atoms with Gasteiger partial charge in [-0.25, -0.2) is 0 Å². The number of benzene rings is 1. The Labute approximate surface area is 198 Å². The van der Waals surface area contributed by atoms with E-state index in [4.69, 9.17) is 21.1 Å². The van der Waals surface area contributed by atoms with Gasteiger partial charge in [0.2, 0.25) is 0 Å². The molecule has 1 aromatic carbocycles. The first kappa shape index (κ1) is 23.6. The quantitative estimate of drug-likeness (QED) is 0.583. The number of Topliss-reactive ketones (excluding diaryl/α,β-unsaturated/α-hetero) is 2. The van der Waals surface area contributed by atoms with E-state index < -0.39 is 24.7 Å². The third-order valence-electron chi connectivity index (χ3n) is 7.11. The molecule has 0 saturated heterocycles. The zero-order valence-corrected chi connectivity index (χ0v) is 18.8. The molecule has 5 aliphatic rings. The molecule has 4 fully saturated rings. The molecule has 34 heavy (non-hydrogen) atoms. The molecular formula is C23H23ClF3NO6. The Morgan fingerprint density at radius 1 is 1.18 bits per heavy atom. The Morgan fingerprint density at radius 2 is 1.88 bits per heavy atom. The van der Waals surface area contributed by atoms with Gasteiger partial charge in [0.05, 0.1) is 24.2 Å². The molecule has 1 atom stereocenters. The predicted molar refractivity (Wildman–Crippen MR) is 111 cm³/mol. The summed E-state index contributed by atoms with van der Waals surface area (Å²) in [5.74, 6) is -0.316. The molecule has 11 heteroatoms. The summed E-state index contributed by atoms with van der Waals surface area (Å²) in [6, 6.07) is 4.70. The highest BCUT2D eigenvalue weighted by Crippen LogP contribution is 2.69. The number of hydrogen-bond acceptors (Lipinski definition) is 6. The molecule has 4 aliphatic carbocycles. The predicted octanol–water partition coefficient (Wildman–Crippen LogP) is 3.76. The normalized spacial score (nSPS) is 33.5. The Bertz CT molecular complexity index is 1020. The van der Waals surface area contributed by atoms with E-state index in [0.717, 1.165) is 0 Å². The monoisotopic (exact) mass is 501 g/mol. The number of carbonyl (C=O) groups is 3. The number of ketones is 2. The standard InChI is InChI=1S/C23H23ClF3NO6/c24-12-1-2-18-16(3-12)17(30)6-19(33-18)20(31)28-22-9-21(10-22,11-22)7-13(29)8-32-14-4-15(5-14)34-23(25,26)27/h1-3,14-15,19H,4-11H2,(H,28,31)/t14?,15?,19-,21?,22?/m1/s1. The van der Waals surface area contributed by atoms with Crippen LogP contribution in [0.15, 0.2) is 18.2 Å². The highest BCUT2D eigenvalue weighted by atomic mass is 35.5. The first-order valence-electron chi connectivity index (χ1n) is 11.1. The van der Waals surface area contributed by atoms with Crippen molar-refractivity contribution in [1.29, 1.82) is 0 Å². The Kier molecular flexibility index (Phi) is 5.69. The van der Waals surface area contributed by atoms with Gasteiger partial charge in [-0.2, -0.15) is 0 Å². The lowest BCUT2D eigenvalue weighted by molar-refractivity contribution is -0.357. The van der Waals surface area contributed by atoms with Gasteiger partial charge in [-0.3, -0.25) is 19.1 Å². The molecule has 184 valence electrons. The second-order valence-electron chi connectivity index (χ2n) is 9.98. The highest BCUT2D eigenvalue weighted by Gasteiger charge is 2.68. The van der Waals surface area contributed by atoms with Crippen molar-refractivity contribution >= 4 is 29.1 Å². The van der Waals surface area contributed by atoms with Crippen LogP contribution >= 0.6 is 11.6 Å². The molecule has 7 nitrogen and oxygen atoms in total. The molecule has 0 radical (unpaired) electrons. The van der Waals surface area contributed by atoms with Gasteiger partial charge in [0.25, 0.3) is 5.91 Å². The van der Waals surface area contributed by atoms with Gasteiger partial charge < -0.3 is 14.8 Å². The van der Waals surface area contributed by atoms with Gasteiger partial charge in [0.15, 0.2) is 17.7 Å². The minimum atomic E-state index is -4.65. The number of rotatable bonds is 8. The lowest BCUT2D eigenvalue weighted by Crippen LogP contribution is -2.75. The first-order chi connectivity index (χ1) is 15.9. The van der Waals surface area contributed by atoms with E-state index in [0.29, 0.717) is 42.0 Å². The van der Waals surface area contributed by atoms with Crippen molar-refractivity contribution in [2.45, 2.75) is 75.2 Å². The molecule has 1 amide bonds. The molecule has 1 aliphatic heterocycles. The van der Waals surface area contributed by atoms with Crippen molar-refractivity contribution in [1.82, 2.24) is 5.32 Å². The summed E-state index contributed by atoms with van der Waals surface area (Å²) in [4.78, 5) is 37.4. The van der Waals surface area contributed by atoms with E-state index in [1.807, 2.05) is 0 Å². The van der Waals surface area contributed by atoms with Crippen LogP contribution in [0.4, 0.5) is 13.2 Å². The Hall–Kier alpha value is -2.17. The van der Waals surface area contributed by atoms with Crippen molar-refractivity contribution in [2.75, 3.05) is 6.61 Å². The van der Waals surface area contributed by atoms with Crippen LogP contribution in [0.5, 0.6) is 5.75 Å². The van der Waals surface area contributed by atoms with Crippen LogP contribution < -0.4 is 10.1 Å². The zero-order chi connectivity index (χ0) is 24.3. The van der Waals surface area contributed by atoms with Gasteiger partial charge in [0, 0.05) is 29.8 Å². The molecule has 0 unspecified atom stereocenters. The molecule has 0 spiro atoms. The number of halogens is 4. The largest absolute Gasteiger partial charge is 0.522 e. The lowest BCUT2D eigenvalue weighted by Gasteiger charge is -2.70. The molecule has 4 saturated carbocycles. The number of ether oxygens (including phenoxy) is 3. The smallest absolute Gasteiger partial charge is 0.479 e. The van der Waals surface area contributed by atoms with E-state index >= 15 is 0 Å². The maximum absolute atomic E-state index is 12.7. The summed E-state index contributed by atoms with van der Waals surface area (Å²) in [5.41, 5.74) is -0.171. The van der Waals surface area contributed by atoms with Crippen LogP contribution in [-0.2, 0) is 19.1 Å². The number of carbonyl (C=O) groups excluding carboxylic acids is 3. The van der Waals surface area contributed by atoms with Gasteiger partial charge >= 0.3 is 6.36 Å². The van der Waals surface area contributed by atoms with E-state index in [1.165, 1.54) is 6.07 Å². The van der Waals surface area contributed by atoms with Crippen LogP contribution in [0.3, 0.4) is 0 Å². The fourth-order valence-electron chi connectivity index (χ4n) is 5.72. The van der Waals surface area contributed by atoms with E-state index in [-0.39, 0.29) is 54.3 Å². The van der Waals surface area contributed by atoms with Crippen molar-refractivity contribution < 1.29 is 41.8 Å². The summed E-state index contributed by atoms with van der Waals surface area (Å²) in [6.07, 6.45) is -4.39. The highest BCUT2D eigenvalue weighted by molar-refractivity contribution is 6.31. The maximum atomic E-state index is 12.7. The average Bonchev–Trinajstić information content (AvgIpc) is 2.66. The zero-order valence-electron chi connectivity index (χ0n) is 18.1. The first-order valence-corrected chi connectivity index (χ1v) is 11.5. The summed E-state index contributed by atoms with van der Waals surface area (Å²) >= 11 is 5.92. The van der Waals surface area contributed by atoms with Crippen LogP contribution in [0.25, 0.3) is 0 Å². The van der Waals surface area contributed by atoms with Crippen LogP contribution in [0.2, 0.25) is 5.02 Å². The molecule has 1 aromatic rings. The van der Waals surface area contributed by atoms with Crippen LogP contribution in [-0.4, -0.2) is 54.3 Å². The Balaban J connectivity index is 1.03. The van der Waals surface area contributed by atoms with Crippen LogP contribution in [0.1, 0.15) is 55.3 Å². The minimum Gasteiger partial charge on any atom is -0.479 e. The van der Waals surface area contributed by atoms with Gasteiger partial charge in [-0.15, -0.1) is 13.2 Å². The average molecular weight is 502 g/mol. The molecule has 2 bridgehead atoms. The van der Waals surface area contributed by atoms with E-state index in [2.05, 4.69) is 10.1 Å². The third-order valence-corrected chi connectivity index (χ3v) is 7.34. The minimum absolute atomic E-state index is 0.0632. The van der Waals surface area contributed by atoms with Gasteiger partial charge in [-0.05, 0) is 42.9 Å². The van der Waals surface area contributed by atoms with Gasteiger partial charge in [-0.1, -0.05) is 11.6 Å². The summed E-state index contributed by atoms with van der Waals surface area (Å²) in [7, 11) is 0. The topological polar surface area (TPSA) is 90.9 Å². The summed E-state index contributed by atoms with van der Waals surface area (Å²) in [5, 5.41) is 3.41. The molecule has 1 N–H and O–H groups in total. The molecule has 1 heterocycles. The van der Waals surface area contributed by atoms with Crippen molar-refractivity contribution in [3.8, 4) is 5.75 Å².